The summed E-state index contributed by atoms with van der Waals surface area (Å²) in [5.74, 6) is -3.03. The van der Waals surface area contributed by atoms with E-state index in [1.165, 1.54) is 19.8 Å². The van der Waals surface area contributed by atoms with Crippen LogP contribution >= 0.6 is 0 Å². The molecule has 10 nitrogen and oxygen atoms in total. The lowest BCUT2D eigenvalue weighted by Gasteiger charge is -2.41. The number of rotatable bonds is 7. The van der Waals surface area contributed by atoms with Crippen LogP contribution in [0.3, 0.4) is 0 Å². The zero-order valence-corrected chi connectivity index (χ0v) is 22.0. The summed E-state index contributed by atoms with van der Waals surface area (Å²) >= 11 is 0. The molecule has 3 aliphatic rings. The van der Waals surface area contributed by atoms with Gasteiger partial charge in [-0.05, 0) is 30.5 Å². The molecule has 0 radical (unpaired) electrons. The van der Waals surface area contributed by atoms with E-state index in [9.17, 15) is 14.4 Å². The maximum atomic E-state index is 13.1. The van der Waals surface area contributed by atoms with Gasteiger partial charge in [-0.2, -0.15) is 0 Å². The van der Waals surface area contributed by atoms with Crippen molar-refractivity contribution in [2.75, 3.05) is 14.2 Å². The van der Waals surface area contributed by atoms with Gasteiger partial charge in [0.05, 0.1) is 25.9 Å². The zero-order valence-electron chi connectivity index (χ0n) is 22.0. The average molecular weight is 540 g/mol. The molecule has 208 valence electrons. The number of carbonyl (C=O) groups is 3. The highest BCUT2D eigenvalue weighted by atomic mass is 17.0. The number of hydrogen-bond acceptors (Lipinski definition) is 10. The lowest BCUT2D eigenvalue weighted by atomic mass is 9.81. The minimum absolute atomic E-state index is 0.127. The lowest BCUT2D eigenvalue weighted by molar-refractivity contribution is -0.447. The molecule has 0 unspecified atom stereocenters. The fraction of sp³-hybridized carbons (Fsp3) is 0.483. The Balaban J connectivity index is 1.41. The van der Waals surface area contributed by atoms with E-state index in [2.05, 4.69) is 12.1 Å². The molecule has 0 amide bonds. The molecule has 0 bridgehead atoms. The van der Waals surface area contributed by atoms with Crippen molar-refractivity contribution in [3.8, 4) is 0 Å². The fourth-order valence-electron chi connectivity index (χ4n) is 5.73. The van der Waals surface area contributed by atoms with Crippen LogP contribution in [0.25, 0.3) is 0 Å². The van der Waals surface area contributed by atoms with Crippen molar-refractivity contribution in [3.05, 3.63) is 71.8 Å². The van der Waals surface area contributed by atoms with Crippen LogP contribution in [0.5, 0.6) is 0 Å². The number of esters is 3. The van der Waals surface area contributed by atoms with Crippen molar-refractivity contribution < 1.29 is 43.0 Å². The van der Waals surface area contributed by atoms with Crippen LogP contribution in [-0.4, -0.2) is 68.0 Å². The molecule has 0 N–H and O–H groups in total. The molecule has 39 heavy (non-hydrogen) atoms. The molecule has 5 rings (SSSR count). The SMILES string of the molecule is COC(=O)[C@@H]1[C@H]2[C@H](OC(=O)c3ccccc3)C[C@H](O[C@H]3CCCC[C@@H]3c3ccccc3)ON2O[C@@H]1C(=O)OC. The van der Waals surface area contributed by atoms with Gasteiger partial charge in [0, 0.05) is 12.3 Å². The Morgan fingerprint density at radius 1 is 0.821 bits per heavy atom. The number of nitrogens with zero attached hydrogens (tertiary/aromatic N) is 1. The van der Waals surface area contributed by atoms with Gasteiger partial charge in [0.15, 0.2) is 12.4 Å². The molecule has 3 fully saturated rings. The van der Waals surface area contributed by atoms with E-state index >= 15 is 0 Å². The number of methoxy groups -OCH3 is 2. The molecule has 1 aliphatic carbocycles. The number of ether oxygens (including phenoxy) is 4. The summed E-state index contributed by atoms with van der Waals surface area (Å²) in [6.07, 6.45) is 0.834. The Labute approximate surface area is 227 Å². The summed E-state index contributed by atoms with van der Waals surface area (Å²) in [6, 6.07) is 17.8. The minimum Gasteiger partial charge on any atom is -0.469 e. The first-order valence-corrected chi connectivity index (χ1v) is 13.2. The number of fused-ring (bicyclic) bond motifs is 1. The predicted molar refractivity (Wildman–Crippen MR) is 136 cm³/mol. The van der Waals surface area contributed by atoms with Gasteiger partial charge in [-0.25, -0.2) is 14.4 Å². The molecule has 2 aromatic carbocycles. The van der Waals surface area contributed by atoms with Crippen LogP contribution in [-0.2, 0) is 38.2 Å². The number of hydrogen-bond donors (Lipinski definition) is 0. The first-order chi connectivity index (χ1) is 19.0. The van der Waals surface area contributed by atoms with E-state index in [1.54, 1.807) is 30.3 Å². The summed E-state index contributed by atoms with van der Waals surface area (Å²) < 4.78 is 22.3. The van der Waals surface area contributed by atoms with Crippen LogP contribution in [0.2, 0.25) is 0 Å². The number of benzene rings is 2. The molecule has 7 atom stereocenters. The second-order valence-corrected chi connectivity index (χ2v) is 9.93. The third-order valence-electron chi connectivity index (χ3n) is 7.61. The predicted octanol–water partition coefficient (Wildman–Crippen LogP) is 3.56. The molecule has 0 spiro atoms. The molecule has 10 heteroatoms. The molecular weight excluding hydrogens is 506 g/mol. The topological polar surface area (TPSA) is 110 Å². The van der Waals surface area contributed by atoms with E-state index in [0.29, 0.717) is 5.56 Å². The van der Waals surface area contributed by atoms with Crippen LogP contribution in [0.4, 0.5) is 0 Å². The van der Waals surface area contributed by atoms with Crippen LogP contribution < -0.4 is 0 Å². The molecule has 0 aromatic heterocycles. The summed E-state index contributed by atoms with van der Waals surface area (Å²) in [4.78, 5) is 50.3. The maximum Gasteiger partial charge on any atom is 0.338 e. The summed E-state index contributed by atoms with van der Waals surface area (Å²) in [7, 11) is 2.41. The van der Waals surface area contributed by atoms with E-state index in [-0.39, 0.29) is 18.4 Å². The normalized spacial score (nSPS) is 30.7. The Kier molecular flexibility index (Phi) is 8.56. The smallest absolute Gasteiger partial charge is 0.338 e. The highest BCUT2D eigenvalue weighted by Gasteiger charge is 2.60. The van der Waals surface area contributed by atoms with Crippen LogP contribution in [0, 0.1) is 5.92 Å². The lowest BCUT2D eigenvalue weighted by Crippen LogP contribution is -2.55. The third kappa shape index (κ3) is 5.84. The highest BCUT2D eigenvalue weighted by Crippen LogP contribution is 2.41. The van der Waals surface area contributed by atoms with E-state index < -0.39 is 48.4 Å². The molecule has 2 heterocycles. The van der Waals surface area contributed by atoms with E-state index in [1.807, 2.05) is 18.2 Å². The first kappa shape index (κ1) is 27.3. The number of carbonyl (C=O) groups excluding carboxylic acids is 3. The first-order valence-electron chi connectivity index (χ1n) is 13.2. The van der Waals surface area contributed by atoms with Gasteiger partial charge < -0.3 is 18.9 Å². The van der Waals surface area contributed by atoms with Crippen LogP contribution in [0.1, 0.15) is 53.9 Å². The Morgan fingerprint density at radius 2 is 1.49 bits per heavy atom. The van der Waals surface area contributed by atoms with Gasteiger partial charge in [-0.3, -0.25) is 9.63 Å². The molecule has 2 saturated heterocycles. The van der Waals surface area contributed by atoms with E-state index in [0.717, 1.165) is 30.9 Å². The Hall–Kier alpha value is -3.31. The van der Waals surface area contributed by atoms with Gasteiger partial charge in [-0.1, -0.05) is 66.6 Å². The molecule has 2 aromatic rings. The van der Waals surface area contributed by atoms with Crippen molar-refractivity contribution in [2.24, 2.45) is 5.92 Å². The fourth-order valence-corrected chi connectivity index (χ4v) is 5.73. The van der Waals surface area contributed by atoms with Crippen molar-refractivity contribution >= 4 is 17.9 Å². The summed E-state index contributed by atoms with van der Waals surface area (Å²) in [5.41, 5.74) is 1.54. The van der Waals surface area contributed by atoms with Gasteiger partial charge in [0.25, 0.3) is 0 Å². The second kappa shape index (κ2) is 12.3. The Morgan fingerprint density at radius 3 is 2.18 bits per heavy atom. The highest BCUT2D eigenvalue weighted by molar-refractivity contribution is 5.89. The number of hydroxylamine groups is 2. The average Bonchev–Trinajstić information content (AvgIpc) is 3.37. The molecule has 2 aliphatic heterocycles. The van der Waals surface area contributed by atoms with Gasteiger partial charge in [-0.15, -0.1) is 0 Å². The van der Waals surface area contributed by atoms with E-state index in [4.69, 9.17) is 28.6 Å². The van der Waals surface area contributed by atoms with Gasteiger partial charge >= 0.3 is 17.9 Å². The van der Waals surface area contributed by atoms with Gasteiger partial charge in [0.1, 0.15) is 18.1 Å². The summed E-state index contributed by atoms with van der Waals surface area (Å²) in [6.45, 7) is 0. The van der Waals surface area contributed by atoms with Crippen LogP contribution in [0.15, 0.2) is 60.7 Å². The van der Waals surface area contributed by atoms with Crippen molar-refractivity contribution in [1.29, 1.82) is 0 Å². The molecular formula is C29H33NO9. The Bertz CT molecular complexity index is 1140. The maximum absolute atomic E-state index is 13.1. The minimum atomic E-state index is -1.34. The van der Waals surface area contributed by atoms with Gasteiger partial charge in [0.2, 0.25) is 0 Å². The zero-order chi connectivity index (χ0) is 27.4. The van der Waals surface area contributed by atoms with Crippen molar-refractivity contribution in [1.82, 2.24) is 5.23 Å². The largest absolute Gasteiger partial charge is 0.469 e. The standard InChI is InChI=1S/C29H33NO9/c1-34-28(32)24-25-22(37-27(31)19-13-7-4-8-14-19)17-23(38-30(25)39-26(24)29(33)35-2)36-21-16-10-9-15-20(21)18-11-5-3-6-12-18/h3-8,11-14,20-26H,9-10,15-17H2,1-2H3/t20-,21+,22-,23-,24-,25-,26+/m1/s1. The third-order valence-corrected chi connectivity index (χ3v) is 7.61. The molecule has 1 saturated carbocycles. The van der Waals surface area contributed by atoms with Crippen molar-refractivity contribution in [2.45, 2.75) is 68.7 Å². The second-order valence-electron chi connectivity index (χ2n) is 9.93. The quantitative estimate of drug-likeness (QED) is 0.383. The monoisotopic (exact) mass is 539 g/mol. The van der Waals surface area contributed by atoms with Crippen molar-refractivity contribution in [3.63, 3.8) is 0 Å². The summed E-state index contributed by atoms with van der Waals surface area (Å²) in [5, 5.41) is 1.06.